The average Bonchev–Trinajstić information content (AvgIpc) is 3.00. The van der Waals surface area contributed by atoms with Crippen molar-refractivity contribution < 1.29 is 4.42 Å². The van der Waals surface area contributed by atoms with E-state index in [1.807, 2.05) is 43.3 Å². The van der Waals surface area contributed by atoms with Crippen molar-refractivity contribution in [3.63, 3.8) is 0 Å². The predicted octanol–water partition coefficient (Wildman–Crippen LogP) is 4.35. The van der Waals surface area contributed by atoms with Crippen LogP contribution in [0.2, 0.25) is 5.02 Å². The average molecular weight is 318 g/mol. The SMILES string of the molecule is CC1=C(c2ccc(Cl)cc2)NN=C(N=Cc2ccco2)S1. The molecule has 1 aliphatic rings. The van der Waals surface area contributed by atoms with Gasteiger partial charge in [0.1, 0.15) is 5.76 Å². The van der Waals surface area contributed by atoms with E-state index in [1.54, 1.807) is 12.5 Å². The Morgan fingerprint density at radius 3 is 2.76 bits per heavy atom. The minimum atomic E-state index is 0.640. The zero-order valence-electron chi connectivity index (χ0n) is 11.2. The van der Waals surface area contributed by atoms with Gasteiger partial charge in [0, 0.05) is 15.5 Å². The van der Waals surface area contributed by atoms with Gasteiger partial charge in [0.25, 0.3) is 0 Å². The Labute approximate surface area is 131 Å². The molecule has 1 N–H and O–H groups in total. The van der Waals surface area contributed by atoms with E-state index >= 15 is 0 Å². The van der Waals surface area contributed by atoms with E-state index in [1.165, 1.54) is 11.8 Å². The monoisotopic (exact) mass is 317 g/mol. The van der Waals surface area contributed by atoms with Crippen molar-refractivity contribution in [2.75, 3.05) is 0 Å². The number of nitrogens with zero attached hydrogens (tertiary/aromatic N) is 2. The van der Waals surface area contributed by atoms with Crippen LogP contribution in [0.3, 0.4) is 0 Å². The van der Waals surface area contributed by atoms with E-state index in [0.29, 0.717) is 16.0 Å². The molecule has 0 unspecified atom stereocenters. The number of hydrogen-bond donors (Lipinski definition) is 1. The number of allylic oxidation sites excluding steroid dienone is 1. The summed E-state index contributed by atoms with van der Waals surface area (Å²) in [5.41, 5.74) is 5.05. The molecule has 0 radical (unpaired) electrons. The van der Waals surface area contributed by atoms with E-state index < -0.39 is 0 Å². The van der Waals surface area contributed by atoms with E-state index in [-0.39, 0.29) is 0 Å². The lowest BCUT2D eigenvalue weighted by molar-refractivity contribution is 0.560. The molecule has 2 aromatic rings. The molecule has 4 nitrogen and oxygen atoms in total. The number of furan rings is 1. The summed E-state index contributed by atoms with van der Waals surface area (Å²) in [5, 5.41) is 5.61. The van der Waals surface area contributed by atoms with Gasteiger partial charge in [-0.1, -0.05) is 35.5 Å². The highest BCUT2D eigenvalue weighted by Crippen LogP contribution is 2.30. The number of hydrazone groups is 1. The molecule has 6 heteroatoms. The van der Waals surface area contributed by atoms with Crippen LogP contribution in [0.1, 0.15) is 18.2 Å². The third-order valence-electron chi connectivity index (χ3n) is 2.84. The first-order valence-corrected chi connectivity index (χ1v) is 7.48. The van der Waals surface area contributed by atoms with Crippen LogP contribution in [0.15, 0.2) is 62.1 Å². The van der Waals surface area contributed by atoms with Gasteiger partial charge in [-0.15, -0.1) is 5.10 Å². The molecule has 0 fully saturated rings. The number of nitrogens with one attached hydrogen (secondary N) is 1. The maximum absolute atomic E-state index is 5.90. The number of rotatable bonds is 2. The molecular weight excluding hydrogens is 306 g/mol. The van der Waals surface area contributed by atoms with Crippen LogP contribution in [0.4, 0.5) is 0 Å². The Balaban J connectivity index is 1.74. The summed E-state index contributed by atoms with van der Waals surface area (Å²) >= 11 is 7.41. The Bertz CT molecular complexity index is 718. The van der Waals surface area contributed by atoms with Crippen LogP contribution in [-0.4, -0.2) is 11.4 Å². The summed E-state index contributed by atoms with van der Waals surface area (Å²) in [6.45, 7) is 2.03. The number of halogens is 1. The van der Waals surface area contributed by atoms with Crippen molar-refractivity contribution in [3.8, 4) is 0 Å². The molecule has 2 heterocycles. The van der Waals surface area contributed by atoms with Gasteiger partial charge in [0.2, 0.25) is 5.17 Å². The summed E-state index contributed by atoms with van der Waals surface area (Å²) in [6, 6.07) is 11.3. The molecule has 1 aromatic heterocycles. The molecule has 0 atom stereocenters. The summed E-state index contributed by atoms with van der Waals surface area (Å²) in [7, 11) is 0. The topological polar surface area (TPSA) is 49.9 Å². The fourth-order valence-electron chi connectivity index (χ4n) is 1.82. The molecule has 106 valence electrons. The molecule has 0 amide bonds. The second-order valence-electron chi connectivity index (χ2n) is 4.32. The largest absolute Gasteiger partial charge is 0.463 e. The van der Waals surface area contributed by atoms with Gasteiger partial charge in [-0.3, -0.25) is 5.43 Å². The summed E-state index contributed by atoms with van der Waals surface area (Å²) in [4.78, 5) is 5.39. The molecule has 0 spiro atoms. The van der Waals surface area contributed by atoms with Crippen molar-refractivity contribution >= 4 is 40.4 Å². The van der Waals surface area contributed by atoms with Gasteiger partial charge in [0.15, 0.2) is 0 Å². The lowest BCUT2D eigenvalue weighted by atomic mass is 10.1. The maximum atomic E-state index is 5.90. The Morgan fingerprint density at radius 1 is 1.29 bits per heavy atom. The van der Waals surface area contributed by atoms with Crippen molar-refractivity contribution in [2.45, 2.75) is 6.92 Å². The molecule has 1 aliphatic heterocycles. The molecule has 0 aliphatic carbocycles. The fourth-order valence-corrected chi connectivity index (χ4v) is 2.68. The minimum absolute atomic E-state index is 0.640. The lowest BCUT2D eigenvalue weighted by Gasteiger charge is -2.16. The molecule has 0 saturated heterocycles. The predicted molar refractivity (Wildman–Crippen MR) is 88.5 cm³/mol. The molecule has 0 bridgehead atoms. The zero-order valence-corrected chi connectivity index (χ0v) is 12.8. The molecule has 0 saturated carbocycles. The zero-order chi connectivity index (χ0) is 14.7. The van der Waals surface area contributed by atoms with E-state index in [9.17, 15) is 0 Å². The highest BCUT2D eigenvalue weighted by molar-refractivity contribution is 8.17. The summed E-state index contributed by atoms with van der Waals surface area (Å²) in [5.74, 6) is 0.698. The van der Waals surface area contributed by atoms with Crippen LogP contribution < -0.4 is 5.43 Å². The Kier molecular flexibility index (Phi) is 4.13. The quantitative estimate of drug-likeness (QED) is 0.838. The van der Waals surface area contributed by atoms with Crippen LogP contribution >= 0.6 is 23.4 Å². The second-order valence-corrected chi connectivity index (χ2v) is 5.94. The first-order chi connectivity index (χ1) is 10.2. The van der Waals surface area contributed by atoms with E-state index in [4.69, 9.17) is 16.0 Å². The summed E-state index contributed by atoms with van der Waals surface area (Å²) in [6.07, 6.45) is 3.26. The lowest BCUT2D eigenvalue weighted by Crippen LogP contribution is -2.13. The minimum Gasteiger partial charge on any atom is -0.463 e. The number of aliphatic imine (C=N–C) groups is 1. The summed E-state index contributed by atoms with van der Waals surface area (Å²) < 4.78 is 5.19. The first-order valence-electron chi connectivity index (χ1n) is 6.28. The second kappa shape index (κ2) is 6.20. The van der Waals surface area contributed by atoms with Crippen molar-refractivity contribution in [3.05, 3.63) is 63.9 Å². The van der Waals surface area contributed by atoms with Crippen LogP contribution in [0.25, 0.3) is 5.70 Å². The van der Waals surface area contributed by atoms with Gasteiger partial charge in [-0.2, -0.15) is 0 Å². The highest BCUT2D eigenvalue weighted by atomic mass is 35.5. The van der Waals surface area contributed by atoms with Gasteiger partial charge in [-0.05, 0) is 31.2 Å². The molecule has 21 heavy (non-hydrogen) atoms. The number of thioether (sulfide) groups is 1. The normalized spacial score (nSPS) is 15.2. The smallest absolute Gasteiger partial charge is 0.211 e. The van der Waals surface area contributed by atoms with Gasteiger partial charge in [0.05, 0.1) is 18.2 Å². The standard InChI is InChI=1S/C15H12ClN3OS/c1-10-14(11-4-6-12(16)7-5-11)18-19-15(21-10)17-9-13-3-2-8-20-13/h2-9,18H,1H3. The Morgan fingerprint density at radius 2 is 2.10 bits per heavy atom. The molecular formula is C15H12ClN3OS. The number of hydrogen-bond acceptors (Lipinski definition) is 5. The highest BCUT2D eigenvalue weighted by Gasteiger charge is 2.14. The molecule has 1 aromatic carbocycles. The third kappa shape index (κ3) is 3.37. The molecule has 3 rings (SSSR count). The Hall–Kier alpha value is -1.98. The first kappa shape index (κ1) is 14.0. The van der Waals surface area contributed by atoms with Crippen LogP contribution in [0.5, 0.6) is 0 Å². The van der Waals surface area contributed by atoms with E-state index in [2.05, 4.69) is 15.5 Å². The van der Waals surface area contributed by atoms with Crippen LogP contribution in [0, 0.1) is 0 Å². The van der Waals surface area contributed by atoms with Crippen molar-refractivity contribution in [1.29, 1.82) is 0 Å². The number of amidine groups is 1. The van der Waals surface area contributed by atoms with Crippen molar-refractivity contribution in [2.24, 2.45) is 10.1 Å². The number of benzene rings is 1. The van der Waals surface area contributed by atoms with Gasteiger partial charge in [-0.25, -0.2) is 4.99 Å². The fraction of sp³-hybridized carbons (Fsp3) is 0.0667. The van der Waals surface area contributed by atoms with Crippen molar-refractivity contribution in [1.82, 2.24) is 5.43 Å². The van der Waals surface area contributed by atoms with Gasteiger partial charge >= 0.3 is 0 Å². The van der Waals surface area contributed by atoms with E-state index in [0.717, 1.165) is 16.2 Å². The van der Waals surface area contributed by atoms with Crippen LogP contribution in [-0.2, 0) is 0 Å². The maximum Gasteiger partial charge on any atom is 0.211 e. The third-order valence-corrected chi connectivity index (χ3v) is 3.98. The van der Waals surface area contributed by atoms with Gasteiger partial charge < -0.3 is 4.42 Å².